The zero-order valence-corrected chi connectivity index (χ0v) is 15.2. The van der Waals surface area contributed by atoms with Gasteiger partial charge in [0.1, 0.15) is 0 Å². The van der Waals surface area contributed by atoms with Gasteiger partial charge in [0.2, 0.25) is 11.8 Å². The van der Waals surface area contributed by atoms with Gasteiger partial charge in [-0.2, -0.15) is 0 Å². The first-order valence-corrected chi connectivity index (χ1v) is 9.32. The highest BCUT2D eigenvalue weighted by Crippen LogP contribution is 2.20. The second-order valence-electron chi connectivity index (χ2n) is 7.24. The smallest absolute Gasteiger partial charge is 0.237 e. The molecule has 1 aromatic rings. The van der Waals surface area contributed by atoms with E-state index in [4.69, 9.17) is 0 Å². The SMILES string of the molecule is O=C1NCCN(Cc2ccc(F)c(F)c2)C1CC(=O)N1CCC(CO)CC1. The fourth-order valence-electron chi connectivity index (χ4n) is 3.71. The van der Waals surface area contributed by atoms with E-state index in [1.165, 1.54) is 6.07 Å². The molecule has 0 radical (unpaired) electrons. The van der Waals surface area contributed by atoms with Crippen LogP contribution in [0.25, 0.3) is 0 Å². The minimum Gasteiger partial charge on any atom is -0.396 e. The first-order valence-electron chi connectivity index (χ1n) is 9.32. The van der Waals surface area contributed by atoms with E-state index in [1.807, 2.05) is 4.90 Å². The highest BCUT2D eigenvalue weighted by Gasteiger charge is 2.33. The van der Waals surface area contributed by atoms with Crippen LogP contribution >= 0.6 is 0 Å². The molecule has 2 fully saturated rings. The van der Waals surface area contributed by atoms with Crippen LogP contribution in [0, 0.1) is 17.6 Å². The number of nitrogens with zero attached hydrogens (tertiary/aromatic N) is 2. The van der Waals surface area contributed by atoms with Crippen molar-refractivity contribution in [1.29, 1.82) is 0 Å². The van der Waals surface area contributed by atoms with Crippen molar-refractivity contribution < 1.29 is 23.5 Å². The molecule has 2 N–H and O–H groups in total. The first kappa shape index (κ1) is 19.7. The number of carbonyl (C=O) groups excluding carboxylic acids is 2. The van der Waals surface area contributed by atoms with E-state index >= 15 is 0 Å². The maximum atomic E-state index is 13.5. The molecule has 1 aromatic carbocycles. The van der Waals surface area contributed by atoms with Crippen LogP contribution in [0.3, 0.4) is 0 Å². The minimum atomic E-state index is -0.923. The van der Waals surface area contributed by atoms with Crippen molar-refractivity contribution in [2.24, 2.45) is 5.92 Å². The van der Waals surface area contributed by atoms with Crippen LogP contribution in [0.5, 0.6) is 0 Å². The summed E-state index contributed by atoms with van der Waals surface area (Å²) in [7, 11) is 0. The Morgan fingerprint density at radius 2 is 1.93 bits per heavy atom. The van der Waals surface area contributed by atoms with E-state index in [2.05, 4.69) is 5.32 Å². The number of amides is 2. The van der Waals surface area contributed by atoms with E-state index < -0.39 is 17.7 Å². The number of hydrogen-bond donors (Lipinski definition) is 2. The Labute approximate surface area is 157 Å². The van der Waals surface area contributed by atoms with Crippen LogP contribution in [0.15, 0.2) is 18.2 Å². The molecule has 6 nitrogen and oxygen atoms in total. The molecule has 2 aliphatic heterocycles. The summed E-state index contributed by atoms with van der Waals surface area (Å²) < 4.78 is 26.6. The van der Waals surface area contributed by atoms with Gasteiger partial charge in [-0.3, -0.25) is 14.5 Å². The van der Waals surface area contributed by atoms with Crippen molar-refractivity contribution in [2.75, 3.05) is 32.8 Å². The van der Waals surface area contributed by atoms with Crippen molar-refractivity contribution in [3.8, 4) is 0 Å². The molecule has 148 valence electrons. The third-order valence-corrected chi connectivity index (χ3v) is 5.40. The second kappa shape index (κ2) is 8.75. The van der Waals surface area contributed by atoms with E-state index in [9.17, 15) is 23.5 Å². The molecule has 2 aliphatic rings. The largest absolute Gasteiger partial charge is 0.396 e. The fraction of sp³-hybridized carbons (Fsp3) is 0.579. The van der Waals surface area contributed by atoms with E-state index in [0.717, 1.165) is 25.0 Å². The van der Waals surface area contributed by atoms with Gasteiger partial charge < -0.3 is 15.3 Å². The Balaban J connectivity index is 1.64. The van der Waals surface area contributed by atoms with Crippen molar-refractivity contribution >= 4 is 11.8 Å². The maximum absolute atomic E-state index is 13.5. The molecular formula is C19H25F2N3O3. The van der Waals surface area contributed by atoms with E-state index in [-0.39, 0.29) is 37.3 Å². The highest BCUT2D eigenvalue weighted by molar-refractivity contribution is 5.88. The predicted octanol–water partition coefficient (Wildman–Crippen LogP) is 0.886. The molecule has 8 heteroatoms. The molecule has 0 bridgehead atoms. The predicted molar refractivity (Wildman–Crippen MR) is 94.6 cm³/mol. The van der Waals surface area contributed by atoms with Crippen LogP contribution in [0.1, 0.15) is 24.8 Å². The van der Waals surface area contributed by atoms with Gasteiger partial charge in [0.25, 0.3) is 0 Å². The Hall–Kier alpha value is -2.06. The lowest BCUT2D eigenvalue weighted by atomic mass is 9.97. The van der Waals surface area contributed by atoms with Gasteiger partial charge in [-0.1, -0.05) is 6.07 Å². The molecule has 3 rings (SSSR count). The zero-order valence-electron chi connectivity index (χ0n) is 15.2. The number of piperidine rings is 1. The Morgan fingerprint density at radius 3 is 2.59 bits per heavy atom. The average molecular weight is 381 g/mol. The molecule has 0 spiro atoms. The fourth-order valence-corrected chi connectivity index (χ4v) is 3.71. The number of aliphatic hydroxyl groups is 1. The van der Waals surface area contributed by atoms with Gasteiger partial charge in [0, 0.05) is 39.3 Å². The summed E-state index contributed by atoms with van der Waals surface area (Å²) in [6.45, 7) is 2.57. The number of aliphatic hydroxyl groups excluding tert-OH is 1. The van der Waals surface area contributed by atoms with Crippen molar-refractivity contribution in [3.05, 3.63) is 35.4 Å². The molecular weight excluding hydrogens is 356 g/mol. The zero-order chi connectivity index (χ0) is 19.4. The Bertz CT molecular complexity index is 693. The third kappa shape index (κ3) is 4.81. The van der Waals surface area contributed by atoms with Crippen molar-refractivity contribution in [3.63, 3.8) is 0 Å². The number of hydrogen-bond acceptors (Lipinski definition) is 4. The normalized spacial score (nSPS) is 22.0. The van der Waals surface area contributed by atoms with Gasteiger partial charge in [0.05, 0.1) is 12.5 Å². The number of piperazine rings is 1. The quantitative estimate of drug-likeness (QED) is 0.795. The van der Waals surface area contributed by atoms with Crippen LogP contribution < -0.4 is 5.32 Å². The summed E-state index contributed by atoms with van der Waals surface area (Å²) in [5.74, 6) is -1.91. The number of rotatable bonds is 5. The molecule has 2 amide bonds. The molecule has 27 heavy (non-hydrogen) atoms. The minimum absolute atomic E-state index is 0.0549. The van der Waals surface area contributed by atoms with Crippen molar-refractivity contribution in [2.45, 2.75) is 31.8 Å². The summed E-state index contributed by atoms with van der Waals surface area (Å²) in [4.78, 5) is 28.6. The van der Waals surface area contributed by atoms with Crippen molar-refractivity contribution in [1.82, 2.24) is 15.1 Å². The molecule has 1 atom stereocenters. The highest BCUT2D eigenvalue weighted by atomic mass is 19.2. The number of likely N-dealkylation sites (tertiary alicyclic amines) is 1. The molecule has 2 heterocycles. The van der Waals surface area contributed by atoms with Crippen LogP contribution in [0.2, 0.25) is 0 Å². The van der Waals surface area contributed by atoms with Gasteiger partial charge in [-0.15, -0.1) is 0 Å². The van der Waals surface area contributed by atoms with Crippen LogP contribution in [-0.4, -0.2) is 65.5 Å². The van der Waals surface area contributed by atoms with Crippen LogP contribution in [0.4, 0.5) is 8.78 Å². The number of halogens is 2. The molecule has 0 aromatic heterocycles. The number of carbonyl (C=O) groups is 2. The standard InChI is InChI=1S/C19H25F2N3O3/c20-15-2-1-14(9-16(15)21)11-24-8-5-22-19(27)17(24)10-18(26)23-6-3-13(12-25)4-7-23/h1-2,9,13,17,25H,3-8,10-12H2,(H,22,27). The maximum Gasteiger partial charge on any atom is 0.237 e. The molecule has 2 saturated heterocycles. The van der Waals surface area contributed by atoms with Gasteiger partial charge in [-0.05, 0) is 36.5 Å². The first-order chi connectivity index (χ1) is 13.0. The average Bonchev–Trinajstić information content (AvgIpc) is 2.67. The lowest BCUT2D eigenvalue weighted by molar-refractivity contribution is -0.140. The topological polar surface area (TPSA) is 72.9 Å². The lowest BCUT2D eigenvalue weighted by Crippen LogP contribution is -2.56. The second-order valence-corrected chi connectivity index (χ2v) is 7.24. The summed E-state index contributed by atoms with van der Waals surface area (Å²) in [6.07, 6.45) is 1.58. The van der Waals surface area contributed by atoms with Gasteiger partial charge in [-0.25, -0.2) is 8.78 Å². The number of benzene rings is 1. The van der Waals surface area contributed by atoms with E-state index in [1.54, 1.807) is 4.90 Å². The Kier molecular flexibility index (Phi) is 6.38. The summed E-state index contributed by atoms with van der Waals surface area (Å²) in [6, 6.07) is 3.05. The summed E-state index contributed by atoms with van der Waals surface area (Å²) in [5, 5.41) is 12.0. The summed E-state index contributed by atoms with van der Waals surface area (Å²) in [5.41, 5.74) is 0.560. The molecule has 1 unspecified atom stereocenters. The van der Waals surface area contributed by atoms with Crippen LogP contribution in [-0.2, 0) is 16.1 Å². The third-order valence-electron chi connectivity index (χ3n) is 5.40. The number of nitrogens with one attached hydrogen (secondary N) is 1. The summed E-state index contributed by atoms with van der Waals surface area (Å²) >= 11 is 0. The van der Waals surface area contributed by atoms with E-state index in [0.29, 0.717) is 31.7 Å². The van der Waals surface area contributed by atoms with Gasteiger partial charge >= 0.3 is 0 Å². The van der Waals surface area contributed by atoms with Gasteiger partial charge in [0.15, 0.2) is 11.6 Å². The monoisotopic (exact) mass is 381 g/mol. The lowest BCUT2D eigenvalue weighted by Gasteiger charge is -2.37. The Morgan fingerprint density at radius 1 is 1.19 bits per heavy atom. The molecule has 0 saturated carbocycles. The molecule has 0 aliphatic carbocycles.